The Morgan fingerprint density at radius 1 is 1.06 bits per heavy atom. The van der Waals surface area contributed by atoms with E-state index in [4.69, 9.17) is 0 Å². The Kier molecular flexibility index (Phi) is 4.49. The maximum atomic E-state index is 13.6. The monoisotopic (exact) mass is 251 g/mol. The molecule has 0 saturated carbocycles. The molecule has 1 aromatic rings. The summed E-state index contributed by atoms with van der Waals surface area (Å²) in [5, 5.41) is 0. The van der Waals surface area contributed by atoms with Gasteiger partial charge in [-0.2, -0.15) is 0 Å². The van der Waals surface area contributed by atoms with Crippen molar-refractivity contribution in [2.24, 2.45) is 0 Å². The van der Waals surface area contributed by atoms with E-state index < -0.39 is 0 Å². The first-order chi connectivity index (χ1) is 8.25. The SMILES string of the molecule is Cc1cc(C(=O)N(C(C)C)C(C)C)cc(C)c1F. The average Bonchev–Trinajstić information content (AvgIpc) is 2.23. The first-order valence-corrected chi connectivity index (χ1v) is 6.35. The summed E-state index contributed by atoms with van der Waals surface area (Å²) in [5.41, 5.74) is 1.60. The van der Waals surface area contributed by atoms with Crippen LogP contribution in [-0.2, 0) is 0 Å². The Morgan fingerprint density at radius 3 is 1.78 bits per heavy atom. The van der Waals surface area contributed by atoms with Crippen LogP contribution in [0.2, 0.25) is 0 Å². The molecule has 0 aliphatic rings. The van der Waals surface area contributed by atoms with Crippen LogP contribution in [0, 0.1) is 19.7 Å². The third kappa shape index (κ3) is 2.89. The van der Waals surface area contributed by atoms with Gasteiger partial charge >= 0.3 is 0 Å². The van der Waals surface area contributed by atoms with Gasteiger partial charge in [0.15, 0.2) is 0 Å². The van der Waals surface area contributed by atoms with Crippen molar-refractivity contribution in [3.05, 3.63) is 34.6 Å². The molecular formula is C15H22FNO. The van der Waals surface area contributed by atoms with Gasteiger partial charge in [0.2, 0.25) is 0 Å². The summed E-state index contributed by atoms with van der Waals surface area (Å²) >= 11 is 0. The van der Waals surface area contributed by atoms with Crippen molar-refractivity contribution >= 4 is 5.91 Å². The van der Waals surface area contributed by atoms with Gasteiger partial charge in [0.05, 0.1) is 0 Å². The topological polar surface area (TPSA) is 20.3 Å². The van der Waals surface area contributed by atoms with E-state index >= 15 is 0 Å². The predicted octanol–water partition coefficient (Wildman–Crippen LogP) is 3.70. The summed E-state index contributed by atoms with van der Waals surface area (Å²) in [5.74, 6) is -0.265. The number of amides is 1. The number of hydrogen-bond donors (Lipinski definition) is 0. The Balaban J connectivity index is 3.18. The molecule has 0 fully saturated rings. The van der Waals surface area contributed by atoms with Crippen molar-refractivity contribution in [2.45, 2.75) is 53.6 Å². The Hall–Kier alpha value is -1.38. The van der Waals surface area contributed by atoms with Gasteiger partial charge in [-0.3, -0.25) is 4.79 Å². The fourth-order valence-corrected chi connectivity index (χ4v) is 2.28. The van der Waals surface area contributed by atoms with Crippen LogP contribution >= 0.6 is 0 Å². The third-order valence-corrected chi connectivity index (χ3v) is 3.03. The second kappa shape index (κ2) is 5.51. The van der Waals surface area contributed by atoms with E-state index in [9.17, 15) is 9.18 Å². The Bertz CT molecular complexity index is 421. The van der Waals surface area contributed by atoms with Crippen LogP contribution in [0.1, 0.15) is 49.2 Å². The zero-order valence-electron chi connectivity index (χ0n) is 12.0. The normalized spacial score (nSPS) is 11.2. The fraction of sp³-hybridized carbons (Fsp3) is 0.533. The molecule has 0 aliphatic heterocycles. The summed E-state index contributed by atoms with van der Waals surface area (Å²) in [4.78, 5) is 14.3. The van der Waals surface area contributed by atoms with Gasteiger partial charge in [-0.05, 0) is 64.8 Å². The molecule has 0 aromatic heterocycles. The van der Waals surface area contributed by atoms with Gasteiger partial charge < -0.3 is 4.90 Å². The van der Waals surface area contributed by atoms with E-state index in [0.717, 1.165) is 0 Å². The highest BCUT2D eigenvalue weighted by molar-refractivity contribution is 5.95. The van der Waals surface area contributed by atoms with Gasteiger partial charge in [0.25, 0.3) is 5.91 Å². The molecule has 100 valence electrons. The Morgan fingerprint density at radius 2 is 1.44 bits per heavy atom. The number of halogens is 1. The highest BCUT2D eigenvalue weighted by Gasteiger charge is 2.22. The van der Waals surface area contributed by atoms with Crippen LogP contribution in [0.25, 0.3) is 0 Å². The molecule has 1 aromatic carbocycles. The van der Waals surface area contributed by atoms with Crippen molar-refractivity contribution in [2.75, 3.05) is 0 Å². The van der Waals surface area contributed by atoms with Gasteiger partial charge in [-0.25, -0.2) is 4.39 Å². The van der Waals surface area contributed by atoms with Gasteiger partial charge in [0.1, 0.15) is 5.82 Å². The van der Waals surface area contributed by atoms with Crippen molar-refractivity contribution in [3.63, 3.8) is 0 Å². The molecule has 0 heterocycles. The molecule has 0 spiro atoms. The zero-order chi connectivity index (χ0) is 14.0. The van der Waals surface area contributed by atoms with E-state index in [-0.39, 0.29) is 23.8 Å². The highest BCUT2D eigenvalue weighted by Crippen LogP contribution is 2.18. The summed E-state index contributed by atoms with van der Waals surface area (Å²) in [7, 11) is 0. The minimum absolute atomic E-state index is 0.0359. The molecule has 0 saturated heterocycles. The maximum Gasteiger partial charge on any atom is 0.254 e. The highest BCUT2D eigenvalue weighted by atomic mass is 19.1. The molecule has 0 aliphatic carbocycles. The largest absolute Gasteiger partial charge is 0.334 e. The summed E-state index contributed by atoms with van der Waals surface area (Å²) in [6.07, 6.45) is 0. The van der Waals surface area contributed by atoms with Gasteiger partial charge in [-0.15, -0.1) is 0 Å². The average molecular weight is 251 g/mol. The fourth-order valence-electron chi connectivity index (χ4n) is 2.28. The first-order valence-electron chi connectivity index (χ1n) is 6.35. The molecule has 0 bridgehead atoms. The van der Waals surface area contributed by atoms with Crippen molar-refractivity contribution in [1.29, 1.82) is 0 Å². The van der Waals surface area contributed by atoms with E-state index in [1.54, 1.807) is 26.0 Å². The second-order valence-corrected chi connectivity index (χ2v) is 5.32. The lowest BCUT2D eigenvalue weighted by molar-refractivity contribution is 0.0643. The summed E-state index contributed by atoms with van der Waals surface area (Å²) in [6, 6.07) is 3.51. The molecule has 0 N–H and O–H groups in total. The zero-order valence-corrected chi connectivity index (χ0v) is 12.0. The summed E-state index contributed by atoms with van der Waals surface area (Å²) < 4.78 is 13.6. The van der Waals surface area contributed by atoms with Crippen LogP contribution in [-0.4, -0.2) is 22.9 Å². The molecule has 0 atom stereocenters. The molecular weight excluding hydrogens is 229 g/mol. The number of carbonyl (C=O) groups excluding carboxylic acids is 1. The number of rotatable bonds is 3. The van der Waals surface area contributed by atoms with Gasteiger partial charge in [0, 0.05) is 17.6 Å². The predicted molar refractivity (Wildman–Crippen MR) is 72.3 cm³/mol. The van der Waals surface area contributed by atoms with Crippen molar-refractivity contribution in [3.8, 4) is 0 Å². The number of aryl methyl sites for hydroxylation is 2. The molecule has 1 rings (SSSR count). The van der Waals surface area contributed by atoms with Crippen LogP contribution in [0.5, 0.6) is 0 Å². The standard InChI is InChI=1S/C15H22FNO/c1-9(2)17(10(3)4)15(18)13-7-11(5)14(16)12(6)8-13/h7-10H,1-6H3. The number of carbonyl (C=O) groups is 1. The first kappa shape index (κ1) is 14.7. The van der Waals surface area contributed by atoms with Crippen molar-refractivity contribution in [1.82, 2.24) is 4.90 Å². The third-order valence-electron chi connectivity index (χ3n) is 3.03. The van der Waals surface area contributed by atoms with Crippen LogP contribution in [0.3, 0.4) is 0 Å². The lowest BCUT2D eigenvalue weighted by atomic mass is 10.0. The van der Waals surface area contributed by atoms with E-state index in [2.05, 4.69) is 0 Å². The second-order valence-electron chi connectivity index (χ2n) is 5.32. The molecule has 3 heteroatoms. The van der Waals surface area contributed by atoms with Gasteiger partial charge in [-0.1, -0.05) is 0 Å². The molecule has 1 amide bonds. The van der Waals surface area contributed by atoms with E-state index in [1.165, 1.54) is 0 Å². The molecule has 0 unspecified atom stereocenters. The molecule has 18 heavy (non-hydrogen) atoms. The maximum absolute atomic E-state index is 13.6. The van der Waals surface area contributed by atoms with E-state index in [1.807, 2.05) is 32.6 Å². The smallest absolute Gasteiger partial charge is 0.254 e. The number of hydrogen-bond acceptors (Lipinski definition) is 1. The molecule has 2 nitrogen and oxygen atoms in total. The number of nitrogens with zero attached hydrogens (tertiary/aromatic N) is 1. The number of benzene rings is 1. The van der Waals surface area contributed by atoms with E-state index in [0.29, 0.717) is 16.7 Å². The minimum Gasteiger partial charge on any atom is -0.334 e. The minimum atomic E-state index is -0.229. The lowest BCUT2D eigenvalue weighted by Crippen LogP contribution is -2.42. The quantitative estimate of drug-likeness (QED) is 0.802. The van der Waals surface area contributed by atoms with Crippen LogP contribution in [0.15, 0.2) is 12.1 Å². The van der Waals surface area contributed by atoms with Crippen LogP contribution < -0.4 is 0 Å². The Labute approximate surface area is 109 Å². The van der Waals surface area contributed by atoms with Crippen molar-refractivity contribution < 1.29 is 9.18 Å². The molecule has 0 radical (unpaired) electrons. The lowest BCUT2D eigenvalue weighted by Gasteiger charge is -2.31. The summed E-state index contributed by atoms with van der Waals surface area (Å²) in [6.45, 7) is 11.3. The van der Waals surface area contributed by atoms with Crippen LogP contribution in [0.4, 0.5) is 4.39 Å².